The van der Waals surface area contributed by atoms with E-state index in [1.54, 1.807) is 30.3 Å². The third-order valence-corrected chi connectivity index (χ3v) is 1.47. The molecule has 0 saturated carbocycles. The van der Waals surface area contributed by atoms with Crippen LogP contribution >= 0.6 is 0 Å². The van der Waals surface area contributed by atoms with Crippen LogP contribution in [0.15, 0.2) is 42.5 Å². The minimum Gasteiger partial charge on any atom is -0.464 e. The molecule has 1 radical (unpaired) electrons. The Labute approximate surface area is 81.4 Å². The van der Waals surface area contributed by atoms with Gasteiger partial charge >= 0.3 is 11.9 Å². The number of esters is 1. The second-order valence-electron chi connectivity index (χ2n) is 2.41. The molecule has 0 aliphatic rings. The van der Waals surface area contributed by atoms with Gasteiger partial charge in [0.1, 0.15) is 0 Å². The van der Waals surface area contributed by atoms with Crippen LogP contribution in [0.2, 0.25) is 0 Å². The molecule has 0 fully saturated rings. The van der Waals surface area contributed by atoms with Gasteiger partial charge in [-0.1, -0.05) is 18.2 Å². The zero-order chi connectivity index (χ0) is 10.4. The summed E-state index contributed by atoms with van der Waals surface area (Å²) in [6.45, 7) is 0. The third-order valence-electron chi connectivity index (χ3n) is 1.47. The fraction of sp³-hybridized carbons (Fsp3) is 0.100. The summed E-state index contributed by atoms with van der Waals surface area (Å²) in [4.78, 5) is 11.2. The molecular formula is C10H9O4. The lowest BCUT2D eigenvalue weighted by Gasteiger charge is -1.98. The summed E-state index contributed by atoms with van der Waals surface area (Å²) in [6.07, 6.45) is 0.731. The first-order valence-electron chi connectivity index (χ1n) is 3.91. The fourth-order valence-electron chi connectivity index (χ4n) is 0.792. The minimum atomic E-state index is -0.700. The molecule has 1 rings (SSSR count). The van der Waals surface area contributed by atoms with Gasteiger partial charge in [-0.15, -0.1) is 0 Å². The molecule has 4 nitrogen and oxygen atoms in total. The molecule has 0 amide bonds. The van der Waals surface area contributed by atoms with Gasteiger partial charge < -0.3 is 9.47 Å². The van der Waals surface area contributed by atoms with Crippen molar-refractivity contribution in [3.63, 3.8) is 0 Å². The Morgan fingerprint density at radius 2 is 1.93 bits per heavy atom. The monoisotopic (exact) mass is 193 g/mol. The van der Waals surface area contributed by atoms with Crippen molar-refractivity contribution in [3.8, 4) is 0 Å². The maximum atomic E-state index is 11.2. The molecule has 0 aromatic heterocycles. The number of carbonyl (C=O) groups is 1. The second kappa shape index (κ2) is 4.91. The van der Waals surface area contributed by atoms with Crippen molar-refractivity contribution < 1.29 is 19.4 Å². The maximum absolute atomic E-state index is 11.2. The zero-order valence-electron chi connectivity index (χ0n) is 7.60. The van der Waals surface area contributed by atoms with Crippen LogP contribution in [0.25, 0.3) is 0 Å². The van der Waals surface area contributed by atoms with E-state index in [0.29, 0.717) is 5.56 Å². The Hall–Kier alpha value is -1.97. The minimum absolute atomic E-state index is 0.382. The van der Waals surface area contributed by atoms with Gasteiger partial charge in [0.25, 0.3) is 0 Å². The lowest BCUT2D eigenvalue weighted by atomic mass is 10.2. The van der Waals surface area contributed by atoms with E-state index in [-0.39, 0.29) is 0 Å². The average molecular weight is 193 g/mol. The molecule has 1 aromatic carbocycles. The van der Waals surface area contributed by atoms with Gasteiger partial charge in [-0.2, -0.15) is 0 Å². The summed E-state index contributed by atoms with van der Waals surface area (Å²) in [5, 5.41) is 10.6. The topological polar surface area (TPSA) is 55.4 Å². The molecule has 1 aromatic rings. The third kappa shape index (κ3) is 2.82. The normalized spacial score (nSPS) is 10.8. The van der Waals surface area contributed by atoms with Gasteiger partial charge in [-0.3, -0.25) is 0 Å². The highest BCUT2D eigenvalue weighted by Gasteiger charge is 2.05. The molecule has 0 saturated heterocycles. The van der Waals surface area contributed by atoms with Crippen LogP contribution in [0.4, 0.5) is 0 Å². The van der Waals surface area contributed by atoms with Crippen molar-refractivity contribution >= 4 is 5.97 Å². The Kier molecular flexibility index (Phi) is 3.55. The highest BCUT2D eigenvalue weighted by molar-refractivity contribution is 5.89. The lowest BCUT2D eigenvalue weighted by Crippen LogP contribution is -2.00. The fourth-order valence-corrected chi connectivity index (χ4v) is 0.792. The van der Waals surface area contributed by atoms with E-state index < -0.39 is 11.9 Å². The summed E-state index contributed by atoms with van der Waals surface area (Å²) in [7, 11) is 1.20. The number of hydrogen-bond donors (Lipinski definition) is 0. The van der Waals surface area contributed by atoms with E-state index in [4.69, 9.17) is 0 Å². The molecule has 0 heterocycles. The quantitative estimate of drug-likeness (QED) is 0.542. The van der Waals surface area contributed by atoms with Crippen molar-refractivity contribution in [2.24, 2.45) is 0 Å². The molecule has 0 aliphatic carbocycles. The van der Waals surface area contributed by atoms with Crippen LogP contribution in [0, 0.1) is 0 Å². The second-order valence-corrected chi connectivity index (χ2v) is 2.41. The maximum Gasteiger partial charge on any atom is 0.366 e. The van der Waals surface area contributed by atoms with Crippen LogP contribution < -0.4 is 0 Å². The van der Waals surface area contributed by atoms with Crippen molar-refractivity contribution in [2.75, 3.05) is 7.11 Å². The number of rotatable bonds is 3. The van der Waals surface area contributed by atoms with Crippen LogP contribution in [0.3, 0.4) is 0 Å². The average Bonchev–Trinajstić information content (AvgIpc) is 2.26. The van der Waals surface area contributed by atoms with Gasteiger partial charge in [-0.05, 0) is 12.1 Å². The van der Waals surface area contributed by atoms with Crippen LogP contribution in [0.1, 0.15) is 10.4 Å². The summed E-state index contributed by atoms with van der Waals surface area (Å²) in [6, 6.07) is 8.37. The predicted octanol–water partition coefficient (Wildman–Crippen LogP) is 1.72. The molecule has 0 spiro atoms. The van der Waals surface area contributed by atoms with Crippen molar-refractivity contribution in [2.45, 2.75) is 0 Å². The molecule has 0 bridgehead atoms. The van der Waals surface area contributed by atoms with Gasteiger partial charge in [0.2, 0.25) is 0 Å². The number of methoxy groups -OCH3 is 1. The SMILES string of the molecule is COC([O])=COC(=O)c1ccccc1. The van der Waals surface area contributed by atoms with Gasteiger partial charge in [0, 0.05) is 0 Å². The molecule has 4 heteroatoms. The zero-order valence-corrected chi connectivity index (χ0v) is 7.60. The van der Waals surface area contributed by atoms with Gasteiger partial charge in [-0.25, -0.2) is 9.90 Å². The van der Waals surface area contributed by atoms with E-state index in [1.807, 2.05) is 0 Å². The molecule has 0 N–H and O–H groups in total. The Morgan fingerprint density at radius 1 is 1.29 bits per heavy atom. The largest absolute Gasteiger partial charge is 0.464 e. The van der Waals surface area contributed by atoms with E-state index in [1.165, 1.54) is 7.11 Å². The van der Waals surface area contributed by atoms with Gasteiger partial charge in [0.15, 0.2) is 6.26 Å². The summed E-state index contributed by atoms with van der Waals surface area (Å²) in [5.41, 5.74) is 0.382. The molecule has 0 unspecified atom stereocenters. The highest BCUT2D eigenvalue weighted by Crippen LogP contribution is 2.02. The van der Waals surface area contributed by atoms with Crippen LogP contribution in [-0.4, -0.2) is 13.1 Å². The number of ether oxygens (including phenoxy) is 2. The Bertz CT molecular complexity index is 329. The first-order chi connectivity index (χ1) is 6.74. The van der Waals surface area contributed by atoms with Gasteiger partial charge in [0.05, 0.1) is 12.7 Å². The number of carbonyl (C=O) groups excluding carboxylic acids is 1. The molecule has 0 atom stereocenters. The molecular weight excluding hydrogens is 184 g/mol. The Morgan fingerprint density at radius 3 is 2.50 bits per heavy atom. The first-order valence-corrected chi connectivity index (χ1v) is 3.91. The van der Waals surface area contributed by atoms with E-state index in [2.05, 4.69) is 9.47 Å². The lowest BCUT2D eigenvalue weighted by molar-refractivity contribution is 0.0493. The van der Waals surface area contributed by atoms with Crippen molar-refractivity contribution in [1.82, 2.24) is 0 Å². The molecule has 14 heavy (non-hydrogen) atoms. The predicted molar refractivity (Wildman–Crippen MR) is 47.6 cm³/mol. The summed E-state index contributed by atoms with van der Waals surface area (Å²) in [5.74, 6) is -1.29. The van der Waals surface area contributed by atoms with Crippen molar-refractivity contribution in [1.29, 1.82) is 0 Å². The van der Waals surface area contributed by atoms with E-state index in [0.717, 1.165) is 6.26 Å². The van der Waals surface area contributed by atoms with Crippen LogP contribution in [-0.2, 0) is 14.6 Å². The molecule has 73 valence electrons. The number of benzene rings is 1. The standard InChI is InChI=1S/C10H9O4/c1-13-9(11)7-14-10(12)8-5-3-2-4-6-8/h2-7H,1H3. The first kappa shape index (κ1) is 10.1. The van der Waals surface area contributed by atoms with Crippen LogP contribution in [0.5, 0.6) is 0 Å². The Balaban J connectivity index is 2.60. The highest BCUT2D eigenvalue weighted by atomic mass is 16.6. The molecule has 0 aliphatic heterocycles. The van der Waals surface area contributed by atoms with E-state index >= 15 is 0 Å². The summed E-state index contributed by atoms with van der Waals surface area (Å²) >= 11 is 0. The van der Waals surface area contributed by atoms with Crippen molar-refractivity contribution in [3.05, 3.63) is 48.1 Å². The summed E-state index contributed by atoms with van der Waals surface area (Å²) < 4.78 is 8.81. The smallest absolute Gasteiger partial charge is 0.366 e. The number of hydrogen-bond acceptors (Lipinski definition) is 3. The van der Waals surface area contributed by atoms with E-state index in [9.17, 15) is 9.90 Å².